The lowest BCUT2D eigenvalue weighted by Crippen LogP contribution is -2.28. The zero-order chi connectivity index (χ0) is 22.6. The number of pyridine rings is 1. The van der Waals surface area contributed by atoms with Crippen LogP contribution in [0.4, 0.5) is 0 Å². The number of carbonyl (C=O) groups is 1. The van der Waals surface area contributed by atoms with Crippen molar-refractivity contribution in [3.8, 4) is 5.88 Å². The highest BCUT2D eigenvalue weighted by Crippen LogP contribution is 2.28. The van der Waals surface area contributed by atoms with Gasteiger partial charge in [-0.05, 0) is 49.6 Å². The van der Waals surface area contributed by atoms with Crippen LogP contribution in [0, 0.1) is 0 Å². The molecule has 1 N–H and O–H groups in total. The van der Waals surface area contributed by atoms with E-state index in [4.69, 9.17) is 4.74 Å². The number of fused-ring (bicyclic) bond motifs is 1. The monoisotopic (exact) mass is 447 g/mol. The molecule has 1 unspecified atom stereocenters. The largest absolute Gasteiger partial charge is 0.475 e. The second-order valence-corrected chi connectivity index (χ2v) is 9.34. The normalized spacial score (nSPS) is 16.3. The number of hydrogen-bond acceptors (Lipinski definition) is 7. The van der Waals surface area contributed by atoms with E-state index in [0.717, 1.165) is 28.6 Å². The summed E-state index contributed by atoms with van der Waals surface area (Å²) in [4.78, 5) is 26.0. The van der Waals surface area contributed by atoms with Gasteiger partial charge in [-0.1, -0.05) is 36.4 Å². The first-order valence-electron chi connectivity index (χ1n) is 10.5. The van der Waals surface area contributed by atoms with Crippen LogP contribution in [0.15, 0.2) is 70.6 Å². The fourth-order valence-electron chi connectivity index (χ4n) is 3.28. The molecule has 4 rings (SSSR count). The Bertz CT molecular complexity index is 1170. The van der Waals surface area contributed by atoms with Gasteiger partial charge < -0.3 is 9.84 Å². The molecule has 7 heteroatoms. The molecule has 1 aliphatic heterocycles. The van der Waals surface area contributed by atoms with Crippen molar-refractivity contribution in [3.63, 3.8) is 0 Å². The maximum Gasteiger partial charge on any atom is 0.216 e. The van der Waals surface area contributed by atoms with E-state index >= 15 is 0 Å². The second-order valence-electron chi connectivity index (χ2n) is 8.25. The Morgan fingerprint density at radius 3 is 2.69 bits per heavy atom. The van der Waals surface area contributed by atoms with Crippen molar-refractivity contribution in [1.29, 1.82) is 0 Å². The number of hydrogen-bond donors (Lipinski definition) is 1. The summed E-state index contributed by atoms with van der Waals surface area (Å²) in [6, 6.07) is 18.9. The van der Waals surface area contributed by atoms with Crippen molar-refractivity contribution in [3.05, 3.63) is 71.8 Å². The number of carbonyl (C=O) groups excluding carboxylic acids is 1. The molecular weight excluding hydrogens is 422 g/mol. The number of thioether (sulfide) groups is 1. The van der Waals surface area contributed by atoms with Crippen LogP contribution in [0.3, 0.4) is 0 Å². The third-order valence-corrected chi connectivity index (χ3v) is 5.89. The number of aliphatic imine (C=N–C) groups is 2. The van der Waals surface area contributed by atoms with Gasteiger partial charge in [0.25, 0.3) is 0 Å². The van der Waals surface area contributed by atoms with Gasteiger partial charge in [0.2, 0.25) is 11.7 Å². The summed E-state index contributed by atoms with van der Waals surface area (Å²) in [7, 11) is 0. The fraction of sp³-hybridized carbons (Fsp3) is 0.280. The molecule has 1 atom stereocenters. The standard InChI is InChI=1S/C25H25N3O3S/c1-25(2,30)15-31-21-11-9-18-14-19(8-10-20(18)28-21)22-23(29)24(27-16-26-22)32-13-12-17-6-4-3-5-7-17/h3-11,14,16,22,30H,12-13,15H2,1-2H3. The summed E-state index contributed by atoms with van der Waals surface area (Å²) in [5, 5.41) is 11.2. The van der Waals surface area contributed by atoms with Crippen molar-refractivity contribution in [2.75, 3.05) is 12.4 Å². The SMILES string of the molecule is CC(C)(O)COc1ccc2cc(C3N=CN=C(SCCc4ccccc4)C3=O)ccc2n1. The molecule has 0 fully saturated rings. The minimum atomic E-state index is -0.932. The van der Waals surface area contributed by atoms with Crippen LogP contribution in [-0.4, -0.2) is 45.2 Å². The highest BCUT2D eigenvalue weighted by atomic mass is 32.2. The lowest BCUT2D eigenvalue weighted by molar-refractivity contribution is -0.113. The molecular formula is C25H25N3O3S. The summed E-state index contributed by atoms with van der Waals surface area (Å²) in [6.45, 7) is 3.51. The molecule has 0 amide bonds. The van der Waals surface area contributed by atoms with E-state index in [1.807, 2.05) is 42.5 Å². The Morgan fingerprint density at radius 2 is 1.91 bits per heavy atom. The predicted octanol–water partition coefficient (Wildman–Crippen LogP) is 4.41. The third-order valence-electron chi connectivity index (χ3n) is 4.90. The number of nitrogens with zero attached hydrogens (tertiary/aromatic N) is 3. The number of benzene rings is 2. The van der Waals surface area contributed by atoms with Gasteiger partial charge in [0.1, 0.15) is 24.0 Å². The molecule has 1 aromatic heterocycles. The zero-order valence-corrected chi connectivity index (χ0v) is 18.9. The second kappa shape index (κ2) is 9.63. The summed E-state index contributed by atoms with van der Waals surface area (Å²) >= 11 is 1.47. The number of ether oxygens (including phenoxy) is 1. The van der Waals surface area contributed by atoms with Gasteiger partial charge in [-0.25, -0.2) is 9.98 Å². The van der Waals surface area contributed by atoms with Crippen molar-refractivity contribution < 1.29 is 14.6 Å². The summed E-state index contributed by atoms with van der Waals surface area (Å²) in [5.74, 6) is 1.15. The van der Waals surface area contributed by atoms with E-state index in [1.54, 1.807) is 19.9 Å². The molecule has 0 bridgehead atoms. The average molecular weight is 448 g/mol. The maximum atomic E-state index is 13.0. The quantitative estimate of drug-likeness (QED) is 0.580. The Morgan fingerprint density at radius 1 is 1.09 bits per heavy atom. The molecule has 164 valence electrons. The van der Waals surface area contributed by atoms with Crippen molar-refractivity contribution >= 4 is 39.8 Å². The van der Waals surface area contributed by atoms with E-state index in [0.29, 0.717) is 10.9 Å². The van der Waals surface area contributed by atoms with Crippen molar-refractivity contribution in [2.45, 2.75) is 31.9 Å². The van der Waals surface area contributed by atoms with Crippen LogP contribution in [-0.2, 0) is 11.2 Å². The average Bonchev–Trinajstić information content (AvgIpc) is 2.79. The van der Waals surface area contributed by atoms with Crippen LogP contribution in [0.2, 0.25) is 0 Å². The molecule has 2 aromatic carbocycles. The number of aromatic nitrogens is 1. The Hall–Kier alpha value is -3.03. The Balaban J connectivity index is 1.43. The molecule has 32 heavy (non-hydrogen) atoms. The predicted molar refractivity (Wildman–Crippen MR) is 130 cm³/mol. The smallest absolute Gasteiger partial charge is 0.216 e. The molecule has 0 radical (unpaired) electrons. The molecule has 6 nitrogen and oxygen atoms in total. The van der Waals surface area contributed by atoms with Crippen LogP contribution in [0.25, 0.3) is 10.9 Å². The van der Waals surface area contributed by atoms with Crippen LogP contribution < -0.4 is 4.74 Å². The number of aryl methyl sites for hydroxylation is 1. The number of Topliss-reactive ketones (excluding diaryl/α,β-unsaturated/α-hetero) is 1. The molecule has 0 spiro atoms. The molecule has 0 saturated heterocycles. The van der Waals surface area contributed by atoms with Gasteiger partial charge in [0.05, 0.1) is 11.1 Å². The van der Waals surface area contributed by atoms with E-state index in [2.05, 4.69) is 27.1 Å². The van der Waals surface area contributed by atoms with Crippen LogP contribution in [0.5, 0.6) is 5.88 Å². The van der Waals surface area contributed by atoms with Gasteiger partial charge in [-0.15, -0.1) is 11.8 Å². The van der Waals surface area contributed by atoms with Gasteiger partial charge in [-0.2, -0.15) is 0 Å². The van der Waals surface area contributed by atoms with E-state index in [1.165, 1.54) is 23.7 Å². The van der Waals surface area contributed by atoms with E-state index in [9.17, 15) is 9.90 Å². The van der Waals surface area contributed by atoms with Gasteiger partial charge in [0.15, 0.2) is 0 Å². The summed E-state index contributed by atoms with van der Waals surface area (Å²) in [6.07, 6.45) is 2.35. The van der Waals surface area contributed by atoms with Crippen molar-refractivity contribution in [2.24, 2.45) is 9.98 Å². The van der Waals surface area contributed by atoms with Crippen LogP contribution in [0.1, 0.15) is 31.0 Å². The first kappa shape index (κ1) is 22.2. The zero-order valence-electron chi connectivity index (χ0n) is 18.1. The molecule has 1 aliphatic rings. The third kappa shape index (κ3) is 5.60. The highest BCUT2D eigenvalue weighted by molar-refractivity contribution is 8.15. The van der Waals surface area contributed by atoms with Crippen LogP contribution >= 0.6 is 11.8 Å². The van der Waals surface area contributed by atoms with E-state index in [-0.39, 0.29) is 12.4 Å². The number of ketones is 1. The topological polar surface area (TPSA) is 84.1 Å². The fourth-order valence-corrected chi connectivity index (χ4v) is 4.19. The first-order valence-corrected chi connectivity index (χ1v) is 11.4. The van der Waals surface area contributed by atoms with Gasteiger partial charge >= 0.3 is 0 Å². The number of rotatable bonds is 7. The Labute approximate surface area is 191 Å². The minimum Gasteiger partial charge on any atom is -0.475 e. The molecule has 0 saturated carbocycles. The lowest BCUT2D eigenvalue weighted by atomic mass is 10.0. The van der Waals surface area contributed by atoms with Gasteiger partial charge in [-0.3, -0.25) is 9.79 Å². The molecule has 0 aliphatic carbocycles. The summed E-state index contributed by atoms with van der Waals surface area (Å²) in [5.41, 5.74) is 1.86. The van der Waals surface area contributed by atoms with E-state index < -0.39 is 11.6 Å². The molecule has 3 aromatic rings. The molecule has 2 heterocycles. The highest BCUT2D eigenvalue weighted by Gasteiger charge is 2.27. The first-order chi connectivity index (χ1) is 15.4. The summed E-state index contributed by atoms with van der Waals surface area (Å²) < 4.78 is 5.57. The lowest BCUT2D eigenvalue weighted by Gasteiger charge is -2.18. The van der Waals surface area contributed by atoms with Gasteiger partial charge in [0, 0.05) is 17.2 Å². The maximum absolute atomic E-state index is 13.0. The van der Waals surface area contributed by atoms with Crippen molar-refractivity contribution in [1.82, 2.24) is 4.98 Å². The number of aliphatic hydroxyl groups is 1. The minimum absolute atomic E-state index is 0.0806. The Kier molecular flexibility index (Phi) is 6.67.